The van der Waals surface area contributed by atoms with Crippen molar-refractivity contribution in [3.63, 3.8) is 0 Å². The van der Waals surface area contributed by atoms with Gasteiger partial charge in [0.1, 0.15) is 0 Å². The van der Waals surface area contributed by atoms with Gasteiger partial charge in [-0.25, -0.2) is 13.2 Å². The molecule has 1 aromatic heterocycles. The normalized spacial score (nSPS) is 19.4. The van der Waals surface area contributed by atoms with Crippen molar-refractivity contribution in [3.8, 4) is 0 Å². The fourth-order valence-corrected chi connectivity index (χ4v) is 5.79. The second-order valence-corrected chi connectivity index (χ2v) is 9.29. The third-order valence-corrected chi connectivity index (χ3v) is 7.50. The second-order valence-electron chi connectivity index (χ2n) is 7.34. The first-order valence-electron chi connectivity index (χ1n) is 9.31. The van der Waals surface area contributed by atoms with E-state index in [1.807, 2.05) is 18.2 Å². The molecule has 0 saturated carbocycles. The van der Waals surface area contributed by atoms with Crippen molar-refractivity contribution in [2.75, 3.05) is 0 Å². The van der Waals surface area contributed by atoms with Crippen molar-refractivity contribution in [2.45, 2.75) is 41.1 Å². The van der Waals surface area contributed by atoms with E-state index in [1.165, 1.54) is 17.7 Å². The van der Waals surface area contributed by atoms with Gasteiger partial charge < -0.3 is 9.88 Å². The van der Waals surface area contributed by atoms with Crippen molar-refractivity contribution >= 4 is 39.4 Å². The van der Waals surface area contributed by atoms with Crippen LogP contribution in [0, 0.1) is 0 Å². The summed E-state index contributed by atoms with van der Waals surface area (Å²) in [6, 6.07) is 15.1. The molecular formula is C21H21ClF2N2O3S. The lowest BCUT2D eigenvalue weighted by atomic mass is 9.99. The van der Waals surface area contributed by atoms with Crippen LogP contribution in [0.5, 0.6) is 0 Å². The number of aromatic nitrogens is 1. The van der Waals surface area contributed by atoms with Gasteiger partial charge in [-0.2, -0.15) is 0 Å². The zero-order chi connectivity index (χ0) is 20.8. The molecule has 0 amide bonds. The predicted octanol–water partition coefficient (Wildman–Crippen LogP) is 4.83. The maximum Gasteiger partial charge on any atom is 0.483 e. The molecule has 0 spiro atoms. The van der Waals surface area contributed by atoms with E-state index in [1.54, 1.807) is 30.3 Å². The van der Waals surface area contributed by atoms with Gasteiger partial charge in [0, 0.05) is 42.1 Å². The Morgan fingerprint density at radius 3 is 2.40 bits per heavy atom. The summed E-state index contributed by atoms with van der Waals surface area (Å²) >= 11 is 0. The minimum Gasteiger partial charge on any atom is -0.347 e. The van der Waals surface area contributed by atoms with Crippen molar-refractivity contribution in [1.29, 1.82) is 0 Å². The maximum absolute atomic E-state index is 13.0. The number of halogens is 3. The predicted molar refractivity (Wildman–Crippen MR) is 112 cm³/mol. The van der Waals surface area contributed by atoms with Gasteiger partial charge >= 0.3 is 6.29 Å². The van der Waals surface area contributed by atoms with E-state index in [4.69, 9.17) is 4.79 Å². The summed E-state index contributed by atoms with van der Waals surface area (Å²) in [6.07, 6.45) is 0.521. The molecule has 3 aromatic rings. The van der Waals surface area contributed by atoms with Gasteiger partial charge in [0.15, 0.2) is 0 Å². The second kappa shape index (κ2) is 8.45. The van der Waals surface area contributed by atoms with E-state index in [9.17, 15) is 17.2 Å². The topological polar surface area (TPSA) is 68.2 Å². The molecule has 160 valence electrons. The van der Waals surface area contributed by atoms with Gasteiger partial charge in [-0.15, -0.1) is 21.2 Å². The number of hydrogen-bond donors (Lipinski definition) is 1. The SMILES string of the molecule is Cl.Cn1c2c(c3cc(S(=O)(=O)c4ccccc4)ccc31)C1CCC(C2)N1.O=C(F)F. The molecular weight excluding hydrogens is 434 g/mol. The number of fused-ring (bicyclic) bond motifs is 6. The summed E-state index contributed by atoms with van der Waals surface area (Å²) in [4.78, 5) is 8.83. The molecule has 0 aliphatic carbocycles. The average molecular weight is 455 g/mol. The summed E-state index contributed by atoms with van der Waals surface area (Å²) in [5, 5.41) is 4.76. The lowest BCUT2D eigenvalue weighted by molar-refractivity contribution is 0.199. The van der Waals surface area contributed by atoms with Crippen LogP contribution in [0.25, 0.3) is 10.9 Å². The Labute approximate surface area is 179 Å². The molecule has 2 unspecified atom stereocenters. The highest BCUT2D eigenvalue weighted by Gasteiger charge is 2.36. The first-order valence-corrected chi connectivity index (χ1v) is 10.8. The monoisotopic (exact) mass is 454 g/mol. The molecule has 2 bridgehead atoms. The smallest absolute Gasteiger partial charge is 0.347 e. The Kier molecular flexibility index (Phi) is 6.31. The van der Waals surface area contributed by atoms with E-state index >= 15 is 0 Å². The largest absolute Gasteiger partial charge is 0.483 e. The lowest BCUT2D eigenvalue weighted by Crippen LogP contribution is -2.32. The van der Waals surface area contributed by atoms with Gasteiger partial charge in [-0.3, -0.25) is 0 Å². The number of nitrogens with zero attached hydrogens (tertiary/aromatic N) is 1. The number of nitrogens with one attached hydrogen (secondary N) is 1. The van der Waals surface area contributed by atoms with Crippen molar-refractivity contribution in [2.24, 2.45) is 7.05 Å². The highest BCUT2D eigenvalue weighted by Crippen LogP contribution is 2.42. The van der Waals surface area contributed by atoms with E-state index < -0.39 is 16.1 Å². The maximum atomic E-state index is 13.0. The number of carbonyl (C=O) groups excluding carboxylic acids is 1. The van der Waals surface area contributed by atoms with E-state index in [-0.39, 0.29) is 12.4 Å². The van der Waals surface area contributed by atoms with Crippen LogP contribution in [0.2, 0.25) is 0 Å². The molecule has 1 fully saturated rings. The molecule has 9 heteroatoms. The van der Waals surface area contributed by atoms with Gasteiger partial charge in [-0.1, -0.05) is 18.2 Å². The molecule has 30 heavy (non-hydrogen) atoms. The Hall–Kier alpha value is -2.29. The summed E-state index contributed by atoms with van der Waals surface area (Å²) in [5.41, 5.74) is 3.78. The van der Waals surface area contributed by atoms with E-state index in [0.717, 1.165) is 23.7 Å². The van der Waals surface area contributed by atoms with Crippen LogP contribution < -0.4 is 5.32 Å². The van der Waals surface area contributed by atoms with Gasteiger partial charge in [0.05, 0.1) is 9.79 Å². The minimum atomic E-state index is -3.49. The van der Waals surface area contributed by atoms with Crippen LogP contribution in [-0.4, -0.2) is 25.3 Å². The number of sulfone groups is 1. The molecule has 2 atom stereocenters. The van der Waals surface area contributed by atoms with Crippen molar-refractivity contribution in [3.05, 3.63) is 59.8 Å². The molecule has 1 N–H and O–H groups in total. The zero-order valence-corrected chi connectivity index (χ0v) is 17.8. The Balaban J connectivity index is 0.000000473. The van der Waals surface area contributed by atoms with Crippen LogP contribution >= 0.6 is 12.4 Å². The molecule has 5 rings (SSSR count). The fourth-order valence-electron chi connectivity index (χ4n) is 4.48. The third-order valence-electron chi connectivity index (χ3n) is 5.73. The van der Waals surface area contributed by atoms with Gasteiger partial charge in [0.2, 0.25) is 9.84 Å². The Morgan fingerprint density at radius 1 is 1.07 bits per heavy atom. The summed E-state index contributed by atoms with van der Waals surface area (Å²) in [6.45, 7) is 0. The number of aryl methyl sites for hydroxylation is 1. The number of rotatable bonds is 2. The molecule has 1 saturated heterocycles. The summed E-state index contributed by atoms with van der Waals surface area (Å²) < 4.78 is 47.6. The van der Waals surface area contributed by atoms with Gasteiger partial charge in [-0.05, 0) is 48.7 Å². The van der Waals surface area contributed by atoms with Crippen LogP contribution in [0.3, 0.4) is 0 Å². The van der Waals surface area contributed by atoms with E-state index in [0.29, 0.717) is 21.9 Å². The molecule has 2 aromatic carbocycles. The van der Waals surface area contributed by atoms with Crippen LogP contribution in [-0.2, 0) is 23.3 Å². The van der Waals surface area contributed by atoms with Crippen LogP contribution in [0.1, 0.15) is 30.1 Å². The van der Waals surface area contributed by atoms with Crippen LogP contribution in [0.4, 0.5) is 13.6 Å². The minimum absolute atomic E-state index is 0. The van der Waals surface area contributed by atoms with Crippen molar-refractivity contribution in [1.82, 2.24) is 9.88 Å². The first kappa shape index (κ1) is 22.4. The lowest BCUT2D eigenvalue weighted by Gasteiger charge is -2.23. The summed E-state index contributed by atoms with van der Waals surface area (Å²) in [5.74, 6) is 0. The average Bonchev–Trinajstić information content (AvgIpc) is 3.21. The highest BCUT2D eigenvalue weighted by atomic mass is 35.5. The molecule has 3 heterocycles. The van der Waals surface area contributed by atoms with E-state index in [2.05, 4.69) is 16.9 Å². The Bertz CT molecular complexity index is 1190. The number of benzene rings is 2. The zero-order valence-electron chi connectivity index (χ0n) is 16.1. The molecule has 2 aliphatic rings. The first-order chi connectivity index (χ1) is 13.8. The van der Waals surface area contributed by atoms with Crippen molar-refractivity contribution < 1.29 is 22.0 Å². The van der Waals surface area contributed by atoms with Crippen LogP contribution in [0.15, 0.2) is 58.3 Å². The molecule has 0 radical (unpaired) electrons. The highest BCUT2D eigenvalue weighted by molar-refractivity contribution is 7.91. The standard InChI is InChI=1S/C20H20N2O2S.CF2O.ClH/c1-22-18-10-8-15(25(23,24)14-5-3-2-4-6-14)12-16(18)20-17-9-7-13(21-17)11-19(20)22;2-1(3)4;/h2-6,8,10,12-13,17,21H,7,9,11H2,1H3;;1H. The molecule has 5 nitrogen and oxygen atoms in total. The Morgan fingerprint density at radius 2 is 1.73 bits per heavy atom. The number of hydrogen-bond acceptors (Lipinski definition) is 4. The number of carbonyl (C=O) groups is 1. The third kappa shape index (κ3) is 3.87. The van der Waals surface area contributed by atoms with Gasteiger partial charge in [0.25, 0.3) is 0 Å². The summed E-state index contributed by atoms with van der Waals surface area (Å²) in [7, 11) is -1.40. The fraction of sp³-hybridized carbons (Fsp3) is 0.286. The quantitative estimate of drug-likeness (QED) is 0.563. The molecule has 2 aliphatic heterocycles.